The molecule has 0 atom stereocenters. The molecule has 1 rings (SSSR count). The van der Waals surface area contributed by atoms with Gasteiger partial charge in [0.1, 0.15) is 0 Å². The molecule has 0 aliphatic rings. The number of carbonyl (C=O) groups excluding carboxylic acids is 1. The number of halogens is 2. The Labute approximate surface area is 126 Å². The van der Waals surface area contributed by atoms with Crippen LogP contribution in [-0.4, -0.2) is 30.6 Å². The molecule has 0 saturated carbocycles. The number of ether oxygens (including phenoxy) is 1. The highest BCUT2D eigenvalue weighted by atomic mass is 35.5. The van der Waals surface area contributed by atoms with Gasteiger partial charge in [0.2, 0.25) is 0 Å². The predicted octanol–water partition coefficient (Wildman–Crippen LogP) is 2.99. The average molecular weight is 320 g/mol. The molecule has 0 radical (unpaired) electrons. The Morgan fingerprint density at radius 3 is 2.35 bits per heavy atom. The monoisotopic (exact) mass is 319 g/mol. The van der Waals surface area contributed by atoms with Gasteiger partial charge in [0.05, 0.1) is 17.2 Å². The number of nitrogens with one attached hydrogen (secondary N) is 1. The number of rotatable bonds is 7. The first kappa shape index (κ1) is 16.6. The van der Waals surface area contributed by atoms with Crippen molar-refractivity contribution in [3.8, 4) is 5.75 Å². The predicted molar refractivity (Wildman–Crippen MR) is 76.8 cm³/mol. The number of unbranched alkanes of at least 4 members (excludes halogenated alkanes) is 1. The maximum atomic E-state index is 11.9. The number of amides is 1. The van der Waals surface area contributed by atoms with Gasteiger partial charge in [-0.3, -0.25) is 9.59 Å². The van der Waals surface area contributed by atoms with Gasteiger partial charge in [-0.05, 0) is 25.0 Å². The number of carboxylic acid groups (broad SMARTS) is 1. The van der Waals surface area contributed by atoms with Crippen molar-refractivity contribution in [1.82, 2.24) is 5.32 Å². The summed E-state index contributed by atoms with van der Waals surface area (Å²) in [5, 5.41) is 11.7. The summed E-state index contributed by atoms with van der Waals surface area (Å²) in [4.78, 5) is 22.2. The third-order valence-electron chi connectivity index (χ3n) is 2.57. The minimum atomic E-state index is -0.843. The van der Waals surface area contributed by atoms with Gasteiger partial charge in [-0.1, -0.05) is 23.2 Å². The first-order valence-corrected chi connectivity index (χ1v) is 6.74. The minimum absolute atomic E-state index is 0.0933. The van der Waals surface area contributed by atoms with Gasteiger partial charge >= 0.3 is 5.97 Å². The molecule has 0 saturated heterocycles. The van der Waals surface area contributed by atoms with Crippen LogP contribution in [0.25, 0.3) is 0 Å². The second kappa shape index (κ2) is 7.97. The van der Waals surface area contributed by atoms with E-state index in [9.17, 15) is 9.59 Å². The Bertz CT molecular complexity index is 482. The zero-order chi connectivity index (χ0) is 15.1. The lowest BCUT2D eigenvalue weighted by Crippen LogP contribution is -2.24. The molecule has 7 heteroatoms. The van der Waals surface area contributed by atoms with Crippen molar-refractivity contribution < 1.29 is 19.4 Å². The number of hydrogen-bond donors (Lipinski definition) is 2. The van der Waals surface area contributed by atoms with Crippen molar-refractivity contribution in [1.29, 1.82) is 0 Å². The molecule has 5 nitrogen and oxygen atoms in total. The van der Waals surface area contributed by atoms with Gasteiger partial charge in [-0.2, -0.15) is 0 Å². The van der Waals surface area contributed by atoms with E-state index in [4.69, 9.17) is 33.0 Å². The third-order valence-corrected chi connectivity index (χ3v) is 3.13. The average Bonchev–Trinajstić information content (AvgIpc) is 2.37. The zero-order valence-corrected chi connectivity index (χ0v) is 12.4. The second-order valence-corrected chi connectivity index (χ2v) is 4.89. The Hall–Kier alpha value is -1.46. The molecule has 0 fully saturated rings. The van der Waals surface area contributed by atoms with E-state index in [0.29, 0.717) is 30.7 Å². The number of hydrogen-bond acceptors (Lipinski definition) is 3. The van der Waals surface area contributed by atoms with Crippen LogP contribution in [0.4, 0.5) is 0 Å². The van der Waals surface area contributed by atoms with Crippen LogP contribution in [0, 0.1) is 0 Å². The number of carboxylic acids is 1. The lowest BCUT2D eigenvalue weighted by atomic mass is 10.2. The molecular weight excluding hydrogens is 305 g/mol. The van der Waals surface area contributed by atoms with Crippen molar-refractivity contribution in [2.24, 2.45) is 0 Å². The number of carbonyl (C=O) groups is 2. The van der Waals surface area contributed by atoms with Gasteiger partial charge in [-0.25, -0.2) is 0 Å². The van der Waals surface area contributed by atoms with Crippen LogP contribution < -0.4 is 10.1 Å². The maximum Gasteiger partial charge on any atom is 0.303 e. The lowest BCUT2D eigenvalue weighted by molar-refractivity contribution is -0.137. The van der Waals surface area contributed by atoms with Crippen LogP contribution in [0.3, 0.4) is 0 Å². The van der Waals surface area contributed by atoms with Gasteiger partial charge in [0, 0.05) is 18.5 Å². The van der Waals surface area contributed by atoms with E-state index >= 15 is 0 Å². The van der Waals surface area contributed by atoms with Crippen molar-refractivity contribution in [3.05, 3.63) is 27.7 Å². The molecule has 0 unspecified atom stereocenters. The highest BCUT2D eigenvalue weighted by Crippen LogP contribution is 2.33. The van der Waals surface area contributed by atoms with Gasteiger partial charge in [-0.15, -0.1) is 0 Å². The normalized spacial score (nSPS) is 10.2. The van der Waals surface area contributed by atoms with Gasteiger partial charge < -0.3 is 15.2 Å². The van der Waals surface area contributed by atoms with Gasteiger partial charge in [0.15, 0.2) is 5.75 Å². The summed E-state index contributed by atoms with van der Waals surface area (Å²) < 4.78 is 4.99. The van der Waals surface area contributed by atoms with E-state index in [1.54, 1.807) is 0 Å². The van der Waals surface area contributed by atoms with E-state index in [1.165, 1.54) is 19.2 Å². The fraction of sp³-hybridized carbons (Fsp3) is 0.385. The molecule has 1 amide bonds. The Balaban J connectivity index is 2.54. The number of aliphatic carboxylic acids is 1. The van der Waals surface area contributed by atoms with E-state index < -0.39 is 5.97 Å². The smallest absolute Gasteiger partial charge is 0.303 e. The standard InChI is InChI=1S/C13H15Cl2NO4/c1-20-12-9(14)6-8(7-10(12)15)13(19)16-5-3-2-4-11(17)18/h6-7H,2-5H2,1H3,(H,16,19)(H,17,18). The largest absolute Gasteiger partial charge is 0.494 e. The van der Waals surface area contributed by atoms with E-state index in [-0.39, 0.29) is 22.4 Å². The summed E-state index contributed by atoms with van der Waals surface area (Å²) in [6.45, 7) is 0.396. The summed E-state index contributed by atoms with van der Waals surface area (Å²) >= 11 is 11.9. The summed E-state index contributed by atoms with van der Waals surface area (Å²) in [7, 11) is 1.44. The minimum Gasteiger partial charge on any atom is -0.494 e. The quantitative estimate of drug-likeness (QED) is 0.757. The van der Waals surface area contributed by atoms with E-state index in [2.05, 4.69) is 5.32 Å². The number of benzene rings is 1. The molecule has 1 aromatic carbocycles. The molecule has 0 aliphatic heterocycles. The third kappa shape index (κ3) is 4.90. The SMILES string of the molecule is COc1c(Cl)cc(C(=O)NCCCCC(=O)O)cc1Cl. The van der Waals surface area contributed by atoms with Crippen LogP contribution in [-0.2, 0) is 4.79 Å². The summed E-state index contributed by atoms with van der Waals surface area (Å²) in [6.07, 6.45) is 1.20. The zero-order valence-electron chi connectivity index (χ0n) is 10.9. The highest BCUT2D eigenvalue weighted by Gasteiger charge is 2.13. The highest BCUT2D eigenvalue weighted by molar-refractivity contribution is 6.37. The van der Waals surface area contributed by atoms with Crippen LogP contribution >= 0.6 is 23.2 Å². The van der Waals surface area contributed by atoms with E-state index in [1.807, 2.05) is 0 Å². The van der Waals surface area contributed by atoms with Crippen LogP contribution in [0.2, 0.25) is 10.0 Å². The second-order valence-electron chi connectivity index (χ2n) is 4.08. The Morgan fingerprint density at radius 2 is 1.85 bits per heavy atom. The van der Waals surface area contributed by atoms with Crippen molar-refractivity contribution >= 4 is 35.1 Å². The molecule has 0 spiro atoms. The fourth-order valence-corrected chi connectivity index (χ4v) is 2.23. The molecule has 1 aromatic rings. The van der Waals surface area contributed by atoms with E-state index in [0.717, 1.165) is 0 Å². The molecule has 0 bridgehead atoms. The Morgan fingerprint density at radius 1 is 1.25 bits per heavy atom. The van der Waals surface area contributed by atoms with Crippen molar-refractivity contribution in [2.75, 3.05) is 13.7 Å². The summed E-state index contributed by atoms with van der Waals surface area (Å²) in [6, 6.07) is 2.94. The van der Waals surface area contributed by atoms with Gasteiger partial charge in [0.25, 0.3) is 5.91 Å². The summed E-state index contributed by atoms with van der Waals surface area (Å²) in [5.41, 5.74) is 0.332. The molecule has 0 aliphatic carbocycles. The molecule has 20 heavy (non-hydrogen) atoms. The Kier molecular flexibility index (Phi) is 6.61. The van der Waals surface area contributed by atoms with Crippen LogP contribution in [0.5, 0.6) is 5.75 Å². The molecule has 0 heterocycles. The molecular formula is C13H15Cl2NO4. The maximum absolute atomic E-state index is 11.9. The molecule has 0 aromatic heterocycles. The molecule has 110 valence electrons. The van der Waals surface area contributed by atoms with Crippen LogP contribution in [0.1, 0.15) is 29.6 Å². The van der Waals surface area contributed by atoms with Crippen molar-refractivity contribution in [2.45, 2.75) is 19.3 Å². The summed E-state index contributed by atoms with van der Waals surface area (Å²) in [5.74, 6) is -0.830. The van der Waals surface area contributed by atoms with Crippen LogP contribution in [0.15, 0.2) is 12.1 Å². The topological polar surface area (TPSA) is 75.6 Å². The lowest BCUT2D eigenvalue weighted by Gasteiger charge is -2.09. The molecule has 2 N–H and O–H groups in total. The van der Waals surface area contributed by atoms with Crippen molar-refractivity contribution in [3.63, 3.8) is 0 Å². The first-order chi connectivity index (χ1) is 9.45. The number of methoxy groups -OCH3 is 1. The first-order valence-electron chi connectivity index (χ1n) is 5.98. The fourth-order valence-electron chi connectivity index (χ4n) is 1.59.